The van der Waals surface area contributed by atoms with Crippen molar-refractivity contribution in [2.24, 2.45) is 0 Å². The minimum atomic E-state index is -0.632. The first-order valence-electron chi connectivity index (χ1n) is 11.0. The molecule has 0 saturated carbocycles. The van der Waals surface area contributed by atoms with Crippen molar-refractivity contribution in [2.75, 3.05) is 27.2 Å². The molecule has 0 aliphatic carbocycles. The number of benzene rings is 2. The largest absolute Gasteiger partial charge is 0.507 e. The van der Waals surface area contributed by atoms with Crippen LogP contribution in [0.15, 0.2) is 48.0 Å². The van der Waals surface area contributed by atoms with E-state index in [1.807, 2.05) is 75.3 Å². The quantitative estimate of drug-likeness (QED) is 0.425. The second-order valence-electron chi connectivity index (χ2n) is 9.99. The summed E-state index contributed by atoms with van der Waals surface area (Å²) in [7, 11) is 3.86. The Morgan fingerprint density at radius 2 is 1.66 bits per heavy atom. The van der Waals surface area contributed by atoms with Gasteiger partial charge in [0, 0.05) is 18.7 Å². The highest BCUT2D eigenvalue weighted by molar-refractivity contribution is 6.46. The lowest BCUT2D eigenvalue weighted by molar-refractivity contribution is -0.140. The van der Waals surface area contributed by atoms with E-state index in [4.69, 9.17) is 0 Å². The number of likely N-dealkylation sites (tertiary alicyclic amines) is 1. The van der Waals surface area contributed by atoms with E-state index in [1.54, 1.807) is 4.90 Å². The first-order chi connectivity index (χ1) is 14.9. The van der Waals surface area contributed by atoms with Crippen LogP contribution in [0.2, 0.25) is 0 Å². The smallest absolute Gasteiger partial charge is 0.295 e. The Balaban J connectivity index is 2.18. The van der Waals surface area contributed by atoms with E-state index < -0.39 is 17.7 Å². The minimum Gasteiger partial charge on any atom is -0.507 e. The van der Waals surface area contributed by atoms with Crippen molar-refractivity contribution in [3.63, 3.8) is 0 Å². The van der Waals surface area contributed by atoms with E-state index in [0.717, 1.165) is 16.7 Å². The highest BCUT2D eigenvalue weighted by Gasteiger charge is 2.46. The molecule has 1 saturated heterocycles. The molecule has 2 aromatic carbocycles. The van der Waals surface area contributed by atoms with E-state index in [9.17, 15) is 14.7 Å². The molecule has 1 heterocycles. The molecule has 1 aliphatic heterocycles. The van der Waals surface area contributed by atoms with Crippen LogP contribution < -0.4 is 0 Å². The Kier molecular flexibility index (Phi) is 6.61. The summed E-state index contributed by atoms with van der Waals surface area (Å²) in [6, 6.07) is 13.1. The van der Waals surface area contributed by atoms with Gasteiger partial charge >= 0.3 is 0 Å². The molecule has 0 bridgehead atoms. The number of nitrogens with zero attached hydrogens (tertiary/aromatic N) is 2. The monoisotopic (exact) mass is 434 g/mol. The molecule has 170 valence electrons. The predicted molar refractivity (Wildman–Crippen MR) is 129 cm³/mol. The SMILES string of the molecule is Cc1ccc(C)c(C(O)=C2C(=O)C(=O)N(CCN(C)C)C2c2ccc(C(C)(C)C)cc2)c1. The van der Waals surface area contributed by atoms with Crippen molar-refractivity contribution in [1.29, 1.82) is 0 Å². The van der Waals surface area contributed by atoms with Crippen LogP contribution in [-0.4, -0.2) is 53.8 Å². The van der Waals surface area contributed by atoms with Crippen molar-refractivity contribution in [3.8, 4) is 0 Å². The summed E-state index contributed by atoms with van der Waals surface area (Å²) in [5.74, 6) is -1.31. The van der Waals surface area contributed by atoms with E-state index in [-0.39, 0.29) is 16.7 Å². The van der Waals surface area contributed by atoms with Gasteiger partial charge in [0.15, 0.2) is 0 Å². The third-order valence-corrected chi connectivity index (χ3v) is 6.07. The number of carbonyl (C=O) groups excluding carboxylic acids is 2. The molecule has 32 heavy (non-hydrogen) atoms. The highest BCUT2D eigenvalue weighted by Crippen LogP contribution is 2.40. The number of ketones is 1. The van der Waals surface area contributed by atoms with Crippen molar-refractivity contribution in [2.45, 2.75) is 46.1 Å². The van der Waals surface area contributed by atoms with Gasteiger partial charge in [-0.1, -0.05) is 62.7 Å². The maximum absolute atomic E-state index is 13.2. The molecule has 1 unspecified atom stereocenters. The molecule has 0 aromatic heterocycles. The number of carbonyl (C=O) groups is 2. The number of aliphatic hydroxyl groups is 1. The summed E-state index contributed by atoms with van der Waals surface area (Å²) in [4.78, 5) is 29.8. The third-order valence-electron chi connectivity index (χ3n) is 6.07. The number of Topliss-reactive ketones (excluding diaryl/α,β-unsaturated/α-hetero) is 1. The van der Waals surface area contributed by atoms with Gasteiger partial charge in [-0.15, -0.1) is 0 Å². The zero-order valence-corrected chi connectivity index (χ0v) is 20.2. The van der Waals surface area contributed by atoms with Gasteiger partial charge in [0.05, 0.1) is 11.6 Å². The van der Waals surface area contributed by atoms with Crippen LogP contribution in [0.5, 0.6) is 0 Å². The minimum absolute atomic E-state index is 0.00998. The number of hydrogen-bond acceptors (Lipinski definition) is 4. The zero-order valence-electron chi connectivity index (χ0n) is 20.2. The Bertz CT molecular complexity index is 1060. The van der Waals surface area contributed by atoms with E-state index in [2.05, 4.69) is 20.8 Å². The summed E-state index contributed by atoms with van der Waals surface area (Å²) in [5.41, 5.74) is 4.56. The highest BCUT2D eigenvalue weighted by atomic mass is 16.3. The molecule has 1 atom stereocenters. The number of likely N-dealkylation sites (N-methyl/N-ethyl adjacent to an activating group) is 1. The van der Waals surface area contributed by atoms with Crippen LogP contribution in [0.3, 0.4) is 0 Å². The summed E-state index contributed by atoms with van der Waals surface area (Å²) < 4.78 is 0. The van der Waals surface area contributed by atoms with E-state index in [1.165, 1.54) is 5.56 Å². The summed E-state index contributed by atoms with van der Waals surface area (Å²) in [6.07, 6.45) is 0. The Morgan fingerprint density at radius 3 is 2.22 bits per heavy atom. The number of amides is 1. The Morgan fingerprint density at radius 1 is 1.03 bits per heavy atom. The van der Waals surface area contributed by atoms with Crippen molar-refractivity contribution in [1.82, 2.24) is 9.80 Å². The van der Waals surface area contributed by atoms with Crippen molar-refractivity contribution >= 4 is 17.4 Å². The Labute approximate surface area is 191 Å². The van der Waals surface area contributed by atoms with Crippen LogP contribution in [0.4, 0.5) is 0 Å². The Hall–Kier alpha value is -2.92. The third kappa shape index (κ3) is 4.63. The summed E-state index contributed by atoms with van der Waals surface area (Å²) >= 11 is 0. The van der Waals surface area contributed by atoms with Gasteiger partial charge in [-0.05, 0) is 56.1 Å². The molecule has 5 heteroatoms. The number of aryl methyl sites for hydroxylation is 2. The number of aliphatic hydroxyl groups excluding tert-OH is 1. The average molecular weight is 435 g/mol. The van der Waals surface area contributed by atoms with Gasteiger partial charge in [-0.2, -0.15) is 0 Å². The van der Waals surface area contributed by atoms with Crippen LogP contribution in [0.25, 0.3) is 5.76 Å². The predicted octanol–water partition coefficient (Wildman–Crippen LogP) is 4.58. The molecular weight excluding hydrogens is 400 g/mol. The van der Waals surface area contributed by atoms with Crippen molar-refractivity contribution in [3.05, 3.63) is 75.9 Å². The average Bonchev–Trinajstić information content (AvgIpc) is 2.97. The molecule has 1 amide bonds. The van der Waals surface area contributed by atoms with Crippen LogP contribution >= 0.6 is 0 Å². The van der Waals surface area contributed by atoms with Crippen LogP contribution in [0.1, 0.15) is 54.6 Å². The van der Waals surface area contributed by atoms with Crippen molar-refractivity contribution < 1.29 is 14.7 Å². The topological polar surface area (TPSA) is 60.9 Å². The number of rotatable bonds is 5. The van der Waals surface area contributed by atoms with E-state index in [0.29, 0.717) is 18.7 Å². The molecule has 5 nitrogen and oxygen atoms in total. The lowest BCUT2D eigenvalue weighted by Crippen LogP contribution is -2.35. The molecule has 2 aromatic rings. The maximum Gasteiger partial charge on any atom is 0.295 e. The van der Waals surface area contributed by atoms with Gasteiger partial charge in [-0.25, -0.2) is 0 Å². The molecule has 1 fully saturated rings. The second-order valence-corrected chi connectivity index (χ2v) is 9.99. The van der Waals surface area contributed by atoms with Crippen LogP contribution in [-0.2, 0) is 15.0 Å². The molecule has 0 radical (unpaired) electrons. The molecule has 3 rings (SSSR count). The summed E-state index contributed by atoms with van der Waals surface area (Å²) in [5, 5.41) is 11.3. The fraction of sp³-hybridized carbons (Fsp3) is 0.407. The first kappa shape index (κ1) is 23.7. The maximum atomic E-state index is 13.2. The molecule has 0 spiro atoms. The number of hydrogen-bond donors (Lipinski definition) is 1. The van der Waals surface area contributed by atoms with Crippen LogP contribution in [0, 0.1) is 13.8 Å². The lowest BCUT2D eigenvalue weighted by Gasteiger charge is -2.27. The normalized spacial score (nSPS) is 18.6. The summed E-state index contributed by atoms with van der Waals surface area (Å²) in [6.45, 7) is 11.3. The molecule has 1 aliphatic rings. The van der Waals surface area contributed by atoms with E-state index >= 15 is 0 Å². The second kappa shape index (κ2) is 8.91. The molecular formula is C27H34N2O3. The fourth-order valence-corrected chi connectivity index (χ4v) is 4.07. The van der Waals surface area contributed by atoms with Gasteiger partial charge in [0.25, 0.3) is 11.7 Å². The van der Waals surface area contributed by atoms with Gasteiger partial charge in [0.1, 0.15) is 5.76 Å². The van der Waals surface area contributed by atoms with Gasteiger partial charge in [0.2, 0.25) is 0 Å². The lowest BCUT2D eigenvalue weighted by atomic mass is 9.85. The fourth-order valence-electron chi connectivity index (χ4n) is 4.07. The first-order valence-corrected chi connectivity index (χ1v) is 11.0. The zero-order chi connectivity index (χ0) is 23.8. The standard InChI is InChI=1S/C27H34N2O3/c1-17-8-9-18(2)21(16-17)24(30)22-23(19-10-12-20(13-11-19)27(3,4)5)29(15-14-28(6)7)26(32)25(22)31/h8-13,16,23,30H,14-15H2,1-7H3. The van der Waals surface area contributed by atoms with Gasteiger partial charge in [-0.3, -0.25) is 9.59 Å². The molecule has 1 N–H and O–H groups in total. The van der Waals surface area contributed by atoms with Gasteiger partial charge < -0.3 is 14.9 Å².